The quantitative estimate of drug-likeness (QED) is 0.624. The third kappa shape index (κ3) is 3.26. The molecule has 0 atom stereocenters. The fourth-order valence-corrected chi connectivity index (χ4v) is 1.80. The van der Waals surface area contributed by atoms with E-state index in [4.69, 9.17) is 20.6 Å². The van der Waals surface area contributed by atoms with Crippen molar-refractivity contribution in [1.82, 2.24) is 4.98 Å². The summed E-state index contributed by atoms with van der Waals surface area (Å²) in [5.41, 5.74) is 6.72. The third-order valence-corrected chi connectivity index (χ3v) is 2.68. The summed E-state index contributed by atoms with van der Waals surface area (Å²) in [6.07, 6.45) is 1.61. The van der Waals surface area contributed by atoms with Crippen LogP contribution in [0.4, 0.5) is 0 Å². The molecule has 0 amide bonds. The van der Waals surface area contributed by atoms with Gasteiger partial charge in [0, 0.05) is 11.8 Å². The second kappa shape index (κ2) is 6.56. The highest BCUT2D eigenvalue weighted by Crippen LogP contribution is 2.27. The molecule has 104 valence electrons. The lowest BCUT2D eigenvalue weighted by molar-refractivity contribution is 0.269. The molecule has 0 aliphatic rings. The van der Waals surface area contributed by atoms with Crippen LogP contribution in [-0.2, 0) is 6.61 Å². The predicted molar refractivity (Wildman–Crippen MR) is 77.2 cm³/mol. The highest BCUT2D eigenvalue weighted by Gasteiger charge is 2.09. The third-order valence-electron chi connectivity index (χ3n) is 2.68. The molecule has 0 saturated heterocycles. The lowest BCUT2D eigenvalue weighted by Crippen LogP contribution is -2.16. The molecule has 2 aromatic rings. The number of aromatic nitrogens is 1. The molecular formula is C15H17N3O2. The first-order chi connectivity index (χ1) is 9.72. The summed E-state index contributed by atoms with van der Waals surface area (Å²) < 4.78 is 11.2. The Hall–Kier alpha value is -2.56. The van der Waals surface area contributed by atoms with Crippen LogP contribution in [0.2, 0.25) is 0 Å². The van der Waals surface area contributed by atoms with Gasteiger partial charge in [-0.05, 0) is 25.1 Å². The van der Waals surface area contributed by atoms with Crippen molar-refractivity contribution in [2.24, 2.45) is 5.73 Å². The molecule has 0 radical (unpaired) electrons. The van der Waals surface area contributed by atoms with Gasteiger partial charge in [0.15, 0.2) is 11.5 Å². The zero-order chi connectivity index (χ0) is 14.4. The molecule has 0 fully saturated rings. The van der Waals surface area contributed by atoms with Crippen LogP contribution in [0.15, 0.2) is 42.6 Å². The zero-order valence-corrected chi connectivity index (χ0v) is 11.3. The van der Waals surface area contributed by atoms with Crippen LogP contribution in [0.25, 0.3) is 0 Å². The summed E-state index contributed by atoms with van der Waals surface area (Å²) in [4.78, 5) is 4.09. The SMILES string of the molecule is CCOc1ccccc1OCc1cccnc1C(=N)N. The van der Waals surface area contributed by atoms with Crippen LogP contribution in [0, 0.1) is 5.41 Å². The summed E-state index contributed by atoms with van der Waals surface area (Å²) in [7, 11) is 0. The average molecular weight is 271 g/mol. The first-order valence-electron chi connectivity index (χ1n) is 6.35. The van der Waals surface area contributed by atoms with E-state index in [2.05, 4.69) is 4.98 Å². The predicted octanol–water partition coefficient (Wildman–Crippen LogP) is 2.34. The minimum atomic E-state index is -0.0673. The molecule has 0 aliphatic heterocycles. The summed E-state index contributed by atoms with van der Waals surface area (Å²) in [6, 6.07) is 11.1. The van der Waals surface area contributed by atoms with E-state index < -0.39 is 0 Å². The van der Waals surface area contributed by atoms with Crippen molar-refractivity contribution >= 4 is 5.84 Å². The number of para-hydroxylation sites is 2. The van der Waals surface area contributed by atoms with E-state index in [-0.39, 0.29) is 12.4 Å². The Balaban J connectivity index is 2.15. The van der Waals surface area contributed by atoms with Gasteiger partial charge in [0.05, 0.1) is 6.61 Å². The molecular weight excluding hydrogens is 254 g/mol. The van der Waals surface area contributed by atoms with E-state index in [1.807, 2.05) is 37.3 Å². The van der Waals surface area contributed by atoms with E-state index in [9.17, 15) is 0 Å². The number of hydrogen-bond donors (Lipinski definition) is 2. The standard InChI is InChI=1S/C15H17N3O2/c1-2-19-12-7-3-4-8-13(12)20-10-11-6-5-9-18-14(11)15(16)17/h3-9H,2,10H2,1H3,(H3,16,17). The molecule has 2 rings (SSSR count). The van der Waals surface area contributed by atoms with Crippen LogP contribution in [0.1, 0.15) is 18.2 Å². The van der Waals surface area contributed by atoms with E-state index in [1.54, 1.807) is 12.3 Å². The van der Waals surface area contributed by atoms with Gasteiger partial charge in [-0.1, -0.05) is 18.2 Å². The number of nitrogen functional groups attached to an aromatic ring is 1. The Morgan fingerprint density at radius 2 is 1.85 bits per heavy atom. The number of amidine groups is 1. The van der Waals surface area contributed by atoms with Gasteiger partial charge in [0.2, 0.25) is 0 Å². The zero-order valence-electron chi connectivity index (χ0n) is 11.3. The van der Waals surface area contributed by atoms with Gasteiger partial charge in [-0.15, -0.1) is 0 Å². The number of pyridine rings is 1. The van der Waals surface area contributed by atoms with Crippen LogP contribution in [0.5, 0.6) is 11.5 Å². The molecule has 0 saturated carbocycles. The van der Waals surface area contributed by atoms with E-state index >= 15 is 0 Å². The van der Waals surface area contributed by atoms with Crippen molar-refractivity contribution in [3.05, 3.63) is 53.9 Å². The lowest BCUT2D eigenvalue weighted by Gasteiger charge is -2.12. The summed E-state index contributed by atoms with van der Waals surface area (Å²) in [6.45, 7) is 2.78. The Bertz CT molecular complexity index is 599. The van der Waals surface area contributed by atoms with E-state index in [0.29, 0.717) is 23.8 Å². The van der Waals surface area contributed by atoms with Gasteiger partial charge in [-0.3, -0.25) is 10.4 Å². The number of nitrogens with zero attached hydrogens (tertiary/aromatic N) is 1. The van der Waals surface area contributed by atoms with Gasteiger partial charge < -0.3 is 15.2 Å². The Morgan fingerprint density at radius 3 is 2.50 bits per heavy atom. The molecule has 1 heterocycles. The normalized spacial score (nSPS) is 10.1. The van der Waals surface area contributed by atoms with Gasteiger partial charge in [0.1, 0.15) is 18.1 Å². The number of hydrogen-bond acceptors (Lipinski definition) is 4. The molecule has 1 aromatic carbocycles. The van der Waals surface area contributed by atoms with Crippen LogP contribution in [0.3, 0.4) is 0 Å². The molecule has 0 spiro atoms. The van der Waals surface area contributed by atoms with E-state index in [1.165, 1.54) is 0 Å². The molecule has 0 bridgehead atoms. The molecule has 5 nitrogen and oxygen atoms in total. The summed E-state index contributed by atoms with van der Waals surface area (Å²) in [5, 5.41) is 7.50. The van der Waals surface area contributed by atoms with Gasteiger partial charge >= 0.3 is 0 Å². The maximum atomic E-state index is 7.50. The maximum Gasteiger partial charge on any atom is 0.161 e. The molecule has 5 heteroatoms. The van der Waals surface area contributed by atoms with Gasteiger partial charge in [-0.25, -0.2) is 0 Å². The van der Waals surface area contributed by atoms with Crippen LogP contribution < -0.4 is 15.2 Å². The molecule has 3 N–H and O–H groups in total. The average Bonchev–Trinajstić information content (AvgIpc) is 2.47. The first-order valence-corrected chi connectivity index (χ1v) is 6.35. The highest BCUT2D eigenvalue weighted by atomic mass is 16.5. The summed E-state index contributed by atoms with van der Waals surface area (Å²) >= 11 is 0. The maximum absolute atomic E-state index is 7.50. The second-order valence-corrected chi connectivity index (χ2v) is 4.09. The smallest absolute Gasteiger partial charge is 0.161 e. The summed E-state index contributed by atoms with van der Waals surface area (Å²) in [5.74, 6) is 1.29. The van der Waals surface area contributed by atoms with Crippen molar-refractivity contribution < 1.29 is 9.47 Å². The number of rotatable bonds is 6. The topological polar surface area (TPSA) is 81.2 Å². The molecule has 0 aliphatic carbocycles. The number of ether oxygens (including phenoxy) is 2. The minimum Gasteiger partial charge on any atom is -0.490 e. The van der Waals surface area contributed by atoms with Gasteiger partial charge in [-0.2, -0.15) is 0 Å². The molecule has 0 unspecified atom stereocenters. The van der Waals surface area contributed by atoms with E-state index in [0.717, 1.165) is 5.56 Å². The lowest BCUT2D eigenvalue weighted by atomic mass is 10.2. The monoisotopic (exact) mass is 271 g/mol. The Labute approximate surface area is 117 Å². The van der Waals surface area contributed by atoms with Crippen molar-refractivity contribution in [3.8, 4) is 11.5 Å². The minimum absolute atomic E-state index is 0.0673. The largest absolute Gasteiger partial charge is 0.490 e. The fourth-order valence-electron chi connectivity index (χ4n) is 1.80. The number of nitrogens with two attached hydrogens (primary N) is 1. The van der Waals surface area contributed by atoms with Crippen molar-refractivity contribution in [2.45, 2.75) is 13.5 Å². The van der Waals surface area contributed by atoms with Crippen molar-refractivity contribution in [1.29, 1.82) is 5.41 Å². The van der Waals surface area contributed by atoms with Crippen molar-refractivity contribution in [2.75, 3.05) is 6.61 Å². The number of benzene rings is 1. The van der Waals surface area contributed by atoms with Crippen LogP contribution in [-0.4, -0.2) is 17.4 Å². The molecule has 1 aromatic heterocycles. The second-order valence-electron chi connectivity index (χ2n) is 4.09. The van der Waals surface area contributed by atoms with Gasteiger partial charge in [0.25, 0.3) is 0 Å². The first kappa shape index (κ1) is 13.9. The number of nitrogens with one attached hydrogen (secondary N) is 1. The molecule has 20 heavy (non-hydrogen) atoms. The Morgan fingerprint density at radius 1 is 1.15 bits per heavy atom. The highest BCUT2D eigenvalue weighted by molar-refractivity contribution is 5.94. The van der Waals surface area contributed by atoms with Crippen molar-refractivity contribution in [3.63, 3.8) is 0 Å². The fraction of sp³-hybridized carbons (Fsp3) is 0.200. The van der Waals surface area contributed by atoms with Crippen LogP contribution >= 0.6 is 0 Å². The Kier molecular flexibility index (Phi) is 4.55.